The van der Waals surface area contributed by atoms with E-state index in [0.717, 1.165) is 146 Å². The quantitative estimate of drug-likeness (QED) is 0.0746. The summed E-state index contributed by atoms with van der Waals surface area (Å²) < 4.78 is 40.3. The second kappa shape index (κ2) is 31.4. The third-order valence-corrected chi connectivity index (χ3v) is 22.0. The van der Waals surface area contributed by atoms with Gasteiger partial charge in [-0.15, -0.1) is 0 Å². The van der Waals surface area contributed by atoms with Crippen LogP contribution in [0.3, 0.4) is 0 Å². The van der Waals surface area contributed by atoms with Crippen LogP contribution >= 0.6 is 0 Å². The van der Waals surface area contributed by atoms with Crippen LogP contribution in [0.2, 0.25) is 0 Å². The largest absolute Gasteiger partial charge is 0.508 e. The van der Waals surface area contributed by atoms with Crippen LogP contribution in [0.25, 0.3) is 77.2 Å². The van der Waals surface area contributed by atoms with Gasteiger partial charge in [0, 0.05) is 111 Å². The number of likely N-dealkylation sites (N-methyl/N-ethyl adjacent to an activating group) is 1. The van der Waals surface area contributed by atoms with Crippen molar-refractivity contribution in [3.05, 3.63) is 221 Å². The Hall–Kier alpha value is -11.2. The molecule has 0 spiro atoms. The number of phenols is 2. The van der Waals surface area contributed by atoms with Crippen LogP contribution in [0.4, 0.5) is 11.5 Å². The number of hydrogen-bond donors (Lipinski definition) is 4. The number of anilines is 2. The average Bonchev–Trinajstić information content (AvgIpc) is 1.50. The number of nitrogens with one attached hydrogen (secondary N) is 2. The normalized spacial score (nSPS) is 19.3. The number of morpholine rings is 2. The minimum Gasteiger partial charge on any atom is -0.508 e. The number of phenolic OH excluding ortho intramolecular Hbond substituents is 2. The lowest BCUT2D eigenvalue weighted by molar-refractivity contribution is -0.264. The molecular weight excluding hydrogens is 1390 g/mol. The first-order chi connectivity index (χ1) is 52.8. The number of methoxy groups -OCH3 is 2. The van der Waals surface area contributed by atoms with Gasteiger partial charge in [-0.05, 0) is 147 Å². The molecule has 4 N–H and O–H groups in total. The lowest BCUT2D eigenvalue weighted by Crippen LogP contribution is -2.61. The number of fused-ring (bicyclic) bond motifs is 13. The summed E-state index contributed by atoms with van der Waals surface area (Å²) >= 11 is 0. The van der Waals surface area contributed by atoms with Crippen molar-refractivity contribution in [3.63, 3.8) is 0 Å². The molecule has 12 aromatic rings. The van der Waals surface area contributed by atoms with Crippen molar-refractivity contribution in [1.29, 1.82) is 0 Å². The predicted octanol–water partition coefficient (Wildman–Crippen LogP) is 16.5. The number of aryl methyl sites for hydroxylation is 1. The molecule has 21 heteroatoms. The first-order valence-corrected chi connectivity index (χ1v) is 37.5. The molecule has 4 aliphatic heterocycles. The number of ketones is 1. The summed E-state index contributed by atoms with van der Waals surface area (Å²) in [6.07, 6.45) is 2.95. The maximum absolute atomic E-state index is 13.9. The van der Waals surface area contributed by atoms with Gasteiger partial charge in [0.15, 0.2) is 23.0 Å². The molecule has 1 aliphatic carbocycles. The molecule has 568 valence electrons. The van der Waals surface area contributed by atoms with Gasteiger partial charge in [-0.2, -0.15) is 0 Å². The molecule has 110 heavy (non-hydrogen) atoms. The van der Waals surface area contributed by atoms with Crippen molar-refractivity contribution in [2.75, 3.05) is 77.4 Å². The molecule has 5 aliphatic rings. The molecule has 8 aromatic carbocycles. The fourth-order valence-corrected chi connectivity index (χ4v) is 16.9. The number of amides is 3. The SMILES string of the molecule is C.CCNC(=O)c1noc(-c2cc(C(C)C)c(O)cc2O)c1-c1ccc(CN2CCOCC2)cc1.CO[C@@H]1[C@H](N(C)C(=O)c2ccccc2)C[C@H]2O[C@]1(C)n1c3ccccc3c3c4c(c5c6ccccc6n2c5c31)C(=O)CC4.COc1ccc(-c2cccc(C(=O)Nc3ccc(N4C[C@@H](C)O[C@@H](C)C4)nc3)c2C)cc1. The number of hydrogen-bond acceptors (Lipinski definition) is 16. The molecule has 6 atom stereocenters. The highest BCUT2D eigenvalue weighted by Gasteiger charge is 2.55. The Kier molecular flexibility index (Phi) is 21.6. The fourth-order valence-electron chi connectivity index (χ4n) is 16.9. The van der Waals surface area contributed by atoms with Crippen molar-refractivity contribution in [1.82, 2.24) is 34.4 Å². The number of carbonyl (C=O) groups is 4. The highest BCUT2D eigenvalue weighted by atomic mass is 16.6. The summed E-state index contributed by atoms with van der Waals surface area (Å²) in [6, 6.07) is 54.3. The van der Waals surface area contributed by atoms with Gasteiger partial charge in [0.1, 0.15) is 35.4 Å². The van der Waals surface area contributed by atoms with Crippen LogP contribution in [-0.4, -0.2) is 154 Å². The van der Waals surface area contributed by atoms with Crippen molar-refractivity contribution in [2.24, 2.45) is 0 Å². The maximum atomic E-state index is 13.9. The minimum atomic E-state index is -0.960. The van der Waals surface area contributed by atoms with E-state index >= 15 is 0 Å². The van der Waals surface area contributed by atoms with Gasteiger partial charge in [0.2, 0.25) is 0 Å². The van der Waals surface area contributed by atoms with Gasteiger partial charge in [0.25, 0.3) is 17.7 Å². The van der Waals surface area contributed by atoms with Gasteiger partial charge in [-0.1, -0.05) is 130 Å². The van der Waals surface area contributed by atoms with Gasteiger partial charge < -0.3 is 68.0 Å². The number of ether oxygens (including phenoxy) is 5. The van der Waals surface area contributed by atoms with Crippen LogP contribution in [0.5, 0.6) is 17.2 Å². The summed E-state index contributed by atoms with van der Waals surface area (Å²) in [6.45, 7) is 20.1. The number of para-hydroxylation sites is 2. The third-order valence-electron chi connectivity index (χ3n) is 22.0. The molecule has 3 fully saturated rings. The number of rotatable bonds is 15. The third kappa shape index (κ3) is 13.9. The molecule has 0 saturated carbocycles. The monoisotopic (exact) mass is 1480 g/mol. The Morgan fingerprint density at radius 3 is 2.10 bits per heavy atom. The Balaban J connectivity index is 0.000000139. The van der Waals surface area contributed by atoms with Gasteiger partial charge in [-0.3, -0.25) is 24.1 Å². The number of nitrogens with zero attached hydrogens (tertiary/aromatic N) is 7. The molecule has 17 rings (SSSR count). The molecule has 0 radical (unpaired) electrons. The summed E-state index contributed by atoms with van der Waals surface area (Å²) in [4.78, 5) is 64.3. The number of pyridine rings is 1. The second-order valence-electron chi connectivity index (χ2n) is 29.3. The summed E-state index contributed by atoms with van der Waals surface area (Å²) in [5.74, 6) is 1.50. The molecule has 8 heterocycles. The molecule has 0 unspecified atom stereocenters. The van der Waals surface area contributed by atoms with Crippen molar-refractivity contribution in [2.45, 2.75) is 124 Å². The molecule has 4 aromatic heterocycles. The van der Waals surface area contributed by atoms with Crippen LogP contribution in [0.1, 0.15) is 138 Å². The number of carbonyl (C=O) groups excluding carboxylic acids is 4. The first kappa shape index (κ1) is 75.6. The number of Topliss-reactive ketones (excluding diaryl/α,β-unsaturated/α-hetero) is 1. The molecule has 3 amide bonds. The highest BCUT2D eigenvalue weighted by molar-refractivity contribution is 6.31. The molecular formula is C89H95N9O12. The van der Waals surface area contributed by atoms with Gasteiger partial charge >= 0.3 is 0 Å². The minimum absolute atomic E-state index is 0. The Morgan fingerprint density at radius 1 is 0.745 bits per heavy atom. The number of aromatic nitrogens is 4. The maximum Gasteiger partial charge on any atom is 0.274 e. The lowest BCUT2D eigenvalue weighted by Gasteiger charge is -2.50. The van der Waals surface area contributed by atoms with E-state index in [1.165, 1.54) is 6.07 Å². The topological polar surface area (TPSA) is 237 Å². The Labute approximate surface area is 640 Å². The fraction of sp³-hybridized carbons (Fsp3) is 0.326. The first-order valence-electron chi connectivity index (χ1n) is 37.5. The lowest BCUT2D eigenvalue weighted by atomic mass is 9.91. The van der Waals surface area contributed by atoms with E-state index in [9.17, 15) is 29.4 Å². The van der Waals surface area contributed by atoms with E-state index in [0.29, 0.717) is 52.9 Å². The van der Waals surface area contributed by atoms with Crippen molar-refractivity contribution < 1.29 is 57.6 Å². The summed E-state index contributed by atoms with van der Waals surface area (Å²) in [7, 11) is 5.24. The molecule has 3 saturated heterocycles. The standard InChI is InChI=1S/C36H31N3O4.C26H31N3O5.C26H29N3O3.CH4/c1-36-34(42-3)26(37(2)35(41)20-11-5-4-6-12-20)19-28(43-36)38-24-15-9-7-13-21(24)31-30-23(17-18-27(30)40)29-22-14-8-10-16-25(22)39(36)33(29)32(31)38;1-4-27-26(32)24-23(18-7-5-17(6-8-18)15-29-9-11-33-12-10-29)25(34-28-24)20-13-19(16(2)3)21(30)14-22(20)31;1-17-15-29(16-18(2)32-17)25-13-10-21(14-27-25)28-26(30)24-7-5-6-23(19(24)3)20-8-11-22(31-4)12-9-20;/h4-16,26,28,34H,17-19H2,1-3H3;5-8,13-14,16,30-31H,4,9-12,15H2,1-3H3,(H,27,32);5-14,17-18H,15-16H2,1-4H3,(H,28,30);1H4/t26-,28-,34-,36+;;17-,18+;/m1.../s1. The highest BCUT2D eigenvalue weighted by Crippen LogP contribution is 2.55. The van der Waals surface area contributed by atoms with E-state index in [-0.39, 0.29) is 78.1 Å². The van der Waals surface area contributed by atoms with Crippen molar-refractivity contribution >= 4 is 78.6 Å². The van der Waals surface area contributed by atoms with Crippen molar-refractivity contribution in [3.8, 4) is 50.8 Å². The summed E-state index contributed by atoms with van der Waals surface area (Å²) in [5.41, 5.74) is 13.7. The van der Waals surface area contributed by atoms with Crippen LogP contribution < -0.4 is 20.3 Å². The smallest absolute Gasteiger partial charge is 0.274 e. The predicted molar refractivity (Wildman–Crippen MR) is 430 cm³/mol. The zero-order valence-corrected chi connectivity index (χ0v) is 63.1. The van der Waals surface area contributed by atoms with Crippen LogP contribution in [-0.2, 0) is 37.6 Å². The molecule has 2 bridgehead atoms. The van der Waals surface area contributed by atoms with Gasteiger partial charge in [0.05, 0.1) is 83.7 Å². The Morgan fingerprint density at radius 2 is 1.43 bits per heavy atom. The zero-order chi connectivity index (χ0) is 76.1. The van der Waals surface area contributed by atoms with E-state index in [4.69, 9.17) is 28.2 Å². The number of benzene rings is 8. The van der Waals surface area contributed by atoms with Crippen LogP contribution in [0, 0.1) is 6.92 Å². The number of aromatic hydroxyl groups is 2. The van der Waals surface area contributed by atoms with E-state index in [1.54, 1.807) is 26.5 Å². The van der Waals surface area contributed by atoms with E-state index < -0.39 is 18.1 Å². The van der Waals surface area contributed by atoms with Crippen LogP contribution in [0.15, 0.2) is 181 Å². The summed E-state index contributed by atoms with van der Waals surface area (Å²) in [5, 5.41) is 35.0. The Bertz CT molecular complexity index is 5430. The van der Waals surface area contributed by atoms with E-state index in [1.807, 2.05) is 161 Å². The zero-order valence-electron chi connectivity index (χ0n) is 63.1. The average molecular weight is 1480 g/mol. The molecule has 21 nitrogen and oxygen atoms in total. The van der Waals surface area contributed by atoms with E-state index in [2.05, 4.69) is 96.9 Å². The second-order valence-corrected chi connectivity index (χ2v) is 29.3. The van der Waals surface area contributed by atoms with Gasteiger partial charge in [-0.25, -0.2) is 4.98 Å².